The number of nitrogens with zero attached hydrogens (tertiary/aromatic N) is 5. The molecule has 0 fully saturated rings. The smallest absolute Gasteiger partial charge is 0.236 e. The Morgan fingerprint density at radius 2 is 1.89 bits per heavy atom. The molecule has 2 heterocycles. The van der Waals surface area contributed by atoms with Crippen LogP contribution in [0.15, 0.2) is 53.7 Å². The Morgan fingerprint density at radius 1 is 1.17 bits per heavy atom. The first-order valence-corrected chi connectivity index (χ1v) is 11.7. The summed E-state index contributed by atoms with van der Waals surface area (Å²) in [6.07, 6.45) is 0. The van der Waals surface area contributed by atoms with Crippen molar-refractivity contribution in [3.63, 3.8) is 0 Å². The number of benzene rings is 2. The fraction of sp³-hybridized carbons (Fsp3) is 0.200. The van der Waals surface area contributed by atoms with Gasteiger partial charge in [-0.25, -0.2) is 4.39 Å². The molecular weight excluding hydrogens is 467 g/mol. The van der Waals surface area contributed by atoms with Crippen molar-refractivity contribution in [3.8, 4) is 28.9 Å². The Balaban J connectivity index is 1.56. The number of aromatic nitrogens is 4. The number of nitrogens with one attached hydrogen (secondary N) is 1. The van der Waals surface area contributed by atoms with Crippen LogP contribution in [0.2, 0.25) is 0 Å². The third-order valence-electron chi connectivity index (χ3n) is 5.70. The minimum atomic E-state index is -0.397. The maximum Gasteiger partial charge on any atom is 0.236 e. The maximum atomic E-state index is 14.2. The number of methoxy groups -OCH3 is 1. The monoisotopic (exact) mass is 490 g/mol. The van der Waals surface area contributed by atoms with Gasteiger partial charge in [-0.2, -0.15) is 5.26 Å². The van der Waals surface area contributed by atoms with Crippen LogP contribution in [0.25, 0.3) is 17.1 Å². The van der Waals surface area contributed by atoms with Gasteiger partial charge in [0.25, 0.3) is 0 Å². The highest BCUT2D eigenvalue weighted by atomic mass is 32.2. The van der Waals surface area contributed by atoms with Crippen molar-refractivity contribution in [2.45, 2.75) is 19.0 Å². The van der Waals surface area contributed by atoms with Crippen LogP contribution in [-0.4, -0.2) is 38.1 Å². The van der Waals surface area contributed by atoms with Crippen LogP contribution >= 0.6 is 11.8 Å². The Labute approximate surface area is 206 Å². The number of nitriles is 1. The highest BCUT2D eigenvalue weighted by Crippen LogP contribution is 2.31. The number of carbonyl (C=O) groups is 1. The van der Waals surface area contributed by atoms with Crippen molar-refractivity contribution in [2.75, 3.05) is 18.2 Å². The molecule has 0 radical (unpaired) electrons. The molecule has 0 aliphatic heterocycles. The number of thioether (sulfide) groups is 1. The van der Waals surface area contributed by atoms with E-state index in [2.05, 4.69) is 21.6 Å². The lowest BCUT2D eigenvalue weighted by Crippen LogP contribution is -2.18. The molecular formula is C25H23FN6O2S. The van der Waals surface area contributed by atoms with E-state index < -0.39 is 5.82 Å². The zero-order valence-corrected chi connectivity index (χ0v) is 20.5. The molecule has 35 heavy (non-hydrogen) atoms. The summed E-state index contributed by atoms with van der Waals surface area (Å²) in [4.78, 5) is 12.9. The first-order valence-electron chi connectivity index (χ1n) is 10.7. The van der Waals surface area contributed by atoms with Crippen LogP contribution in [0.4, 0.5) is 10.2 Å². The predicted molar refractivity (Wildman–Crippen MR) is 132 cm³/mol. The zero-order chi connectivity index (χ0) is 25.1. The highest BCUT2D eigenvalue weighted by Gasteiger charge is 2.22. The van der Waals surface area contributed by atoms with Gasteiger partial charge in [0.15, 0.2) is 11.0 Å². The molecule has 0 saturated heterocycles. The molecule has 0 unspecified atom stereocenters. The summed E-state index contributed by atoms with van der Waals surface area (Å²) in [5.74, 6) is 0.803. The van der Waals surface area contributed by atoms with Crippen molar-refractivity contribution in [1.29, 1.82) is 5.26 Å². The predicted octanol–water partition coefficient (Wildman–Crippen LogP) is 4.64. The zero-order valence-electron chi connectivity index (χ0n) is 19.7. The van der Waals surface area contributed by atoms with Gasteiger partial charge in [-0.3, -0.25) is 9.36 Å². The van der Waals surface area contributed by atoms with Crippen LogP contribution in [0.1, 0.15) is 16.8 Å². The molecule has 0 spiro atoms. The number of hydrogen-bond acceptors (Lipinski definition) is 6. The van der Waals surface area contributed by atoms with E-state index in [-0.39, 0.29) is 11.7 Å². The van der Waals surface area contributed by atoms with E-state index in [0.29, 0.717) is 33.7 Å². The number of carbonyl (C=O) groups excluding carboxylic acids is 1. The summed E-state index contributed by atoms with van der Waals surface area (Å²) in [5.41, 5.74) is 3.16. The molecule has 0 aliphatic rings. The quantitative estimate of drug-likeness (QED) is 0.379. The van der Waals surface area contributed by atoms with Gasteiger partial charge in [0.05, 0.1) is 24.0 Å². The molecule has 1 N–H and O–H groups in total. The van der Waals surface area contributed by atoms with Gasteiger partial charge in [-0.1, -0.05) is 23.9 Å². The number of halogens is 1. The molecule has 178 valence electrons. The van der Waals surface area contributed by atoms with E-state index in [1.165, 1.54) is 17.8 Å². The summed E-state index contributed by atoms with van der Waals surface area (Å²) in [6, 6.07) is 15.9. The Bertz CT molecular complexity index is 1440. The molecule has 0 aliphatic carbocycles. The summed E-state index contributed by atoms with van der Waals surface area (Å²) in [5, 5.41) is 21.3. The fourth-order valence-electron chi connectivity index (χ4n) is 3.73. The minimum absolute atomic E-state index is 0.0278. The van der Waals surface area contributed by atoms with Crippen molar-refractivity contribution < 1.29 is 13.9 Å². The third kappa shape index (κ3) is 4.63. The summed E-state index contributed by atoms with van der Waals surface area (Å²) in [6.45, 7) is 3.75. The van der Waals surface area contributed by atoms with Gasteiger partial charge in [-0.15, -0.1) is 10.2 Å². The van der Waals surface area contributed by atoms with Crippen LogP contribution < -0.4 is 10.1 Å². The van der Waals surface area contributed by atoms with Gasteiger partial charge in [0.2, 0.25) is 5.91 Å². The lowest BCUT2D eigenvalue weighted by molar-refractivity contribution is -0.113. The Kier molecular flexibility index (Phi) is 6.89. The molecule has 0 atom stereocenters. The molecule has 2 aromatic carbocycles. The molecule has 0 bridgehead atoms. The molecule has 0 saturated carbocycles. The average Bonchev–Trinajstić information content (AvgIpc) is 3.34. The lowest BCUT2D eigenvalue weighted by atomic mass is 10.2. The summed E-state index contributed by atoms with van der Waals surface area (Å²) in [7, 11) is 3.31. The second-order valence-corrected chi connectivity index (χ2v) is 8.70. The van der Waals surface area contributed by atoms with Crippen LogP contribution in [-0.2, 0) is 11.8 Å². The standard InChI is InChI=1S/C25H23FN6O2S/c1-15-16(2)32(17-9-11-18(34-4)12-10-17)23(20(15)13-27)28-22(33)14-35-25-30-29-24(31(25)3)19-7-5-6-8-21(19)26/h5-12H,14H2,1-4H3,(H,28,33). The summed E-state index contributed by atoms with van der Waals surface area (Å²) < 4.78 is 22.9. The minimum Gasteiger partial charge on any atom is -0.497 e. The fourth-order valence-corrected chi connectivity index (χ4v) is 4.44. The number of amides is 1. The van der Waals surface area contributed by atoms with Gasteiger partial charge in [0.1, 0.15) is 23.5 Å². The Hall–Kier alpha value is -4.10. The van der Waals surface area contributed by atoms with Crippen molar-refractivity contribution in [1.82, 2.24) is 19.3 Å². The van der Waals surface area contributed by atoms with Crippen molar-refractivity contribution in [3.05, 3.63) is 71.2 Å². The number of anilines is 1. The Morgan fingerprint density at radius 3 is 2.54 bits per heavy atom. The van der Waals surface area contributed by atoms with Gasteiger partial charge in [0, 0.05) is 18.4 Å². The first-order chi connectivity index (χ1) is 16.8. The van der Waals surface area contributed by atoms with Crippen molar-refractivity contribution >= 4 is 23.5 Å². The van der Waals surface area contributed by atoms with E-state index in [0.717, 1.165) is 16.9 Å². The SMILES string of the molecule is COc1ccc(-n2c(C)c(C)c(C#N)c2NC(=O)CSc2nnc(-c3ccccc3F)n2C)cc1. The molecule has 10 heteroatoms. The molecule has 4 rings (SSSR count). The van der Waals surface area contributed by atoms with Gasteiger partial charge in [-0.05, 0) is 55.8 Å². The second kappa shape index (κ2) is 10.0. The molecule has 4 aromatic rings. The number of rotatable bonds is 7. The lowest BCUT2D eigenvalue weighted by Gasteiger charge is -2.13. The third-order valence-corrected chi connectivity index (χ3v) is 6.72. The van der Waals surface area contributed by atoms with Crippen LogP contribution in [0.5, 0.6) is 5.75 Å². The number of ether oxygens (including phenoxy) is 1. The first kappa shape index (κ1) is 24.0. The van der Waals surface area contributed by atoms with Gasteiger partial charge >= 0.3 is 0 Å². The van der Waals surface area contributed by atoms with E-state index in [9.17, 15) is 14.4 Å². The maximum absolute atomic E-state index is 14.2. The molecule has 2 aromatic heterocycles. The second-order valence-electron chi connectivity index (χ2n) is 7.76. The average molecular weight is 491 g/mol. The van der Waals surface area contributed by atoms with E-state index in [1.807, 2.05) is 42.7 Å². The van der Waals surface area contributed by atoms with Crippen molar-refractivity contribution in [2.24, 2.45) is 7.05 Å². The normalized spacial score (nSPS) is 10.7. The van der Waals surface area contributed by atoms with E-state index in [1.54, 1.807) is 36.9 Å². The van der Waals surface area contributed by atoms with Crippen LogP contribution in [0.3, 0.4) is 0 Å². The topological polar surface area (TPSA) is 97.8 Å². The number of hydrogen-bond donors (Lipinski definition) is 1. The molecule has 1 amide bonds. The largest absolute Gasteiger partial charge is 0.497 e. The summed E-state index contributed by atoms with van der Waals surface area (Å²) >= 11 is 1.17. The van der Waals surface area contributed by atoms with E-state index >= 15 is 0 Å². The molecule has 8 nitrogen and oxygen atoms in total. The van der Waals surface area contributed by atoms with E-state index in [4.69, 9.17) is 4.74 Å². The van der Waals surface area contributed by atoms with Crippen LogP contribution in [0, 0.1) is 31.0 Å². The highest BCUT2D eigenvalue weighted by molar-refractivity contribution is 7.99. The van der Waals surface area contributed by atoms with Gasteiger partial charge < -0.3 is 14.6 Å².